The topological polar surface area (TPSA) is 75.3 Å². The van der Waals surface area contributed by atoms with E-state index in [0.717, 1.165) is 16.8 Å². The number of aromatic carboxylic acids is 1. The molecule has 0 aliphatic heterocycles. The zero-order valence-electron chi connectivity index (χ0n) is 13.4. The van der Waals surface area contributed by atoms with Gasteiger partial charge >= 0.3 is 5.97 Å². The number of halogens is 1. The maximum absolute atomic E-state index is 13.5. The third-order valence-corrected chi connectivity index (χ3v) is 4.21. The van der Waals surface area contributed by atoms with Crippen LogP contribution in [0.3, 0.4) is 0 Å². The average Bonchev–Trinajstić information content (AvgIpc) is 3.05. The van der Waals surface area contributed by atoms with Gasteiger partial charge in [0.25, 0.3) is 0 Å². The fourth-order valence-corrected chi connectivity index (χ4v) is 2.84. The van der Waals surface area contributed by atoms with Gasteiger partial charge in [0.15, 0.2) is 11.6 Å². The number of carboxylic acid groups (broad SMARTS) is 1. The highest BCUT2D eigenvalue weighted by Gasteiger charge is 2.10. The largest absolute Gasteiger partial charge is 0.505 e. The first kappa shape index (κ1) is 15.8. The number of nitrogens with zero attached hydrogens (tertiary/aromatic N) is 2. The van der Waals surface area contributed by atoms with Gasteiger partial charge in [-0.3, -0.25) is 0 Å². The lowest BCUT2D eigenvalue weighted by Gasteiger charge is -2.07. The van der Waals surface area contributed by atoms with Crippen LogP contribution in [0.25, 0.3) is 27.7 Å². The zero-order chi connectivity index (χ0) is 18.3. The van der Waals surface area contributed by atoms with Gasteiger partial charge in [0, 0.05) is 11.5 Å². The van der Waals surface area contributed by atoms with Gasteiger partial charge in [-0.05, 0) is 41.5 Å². The highest BCUT2D eigenvalue weighted by molar-refractivity contribution is 5.88. The molecule has 128 valence electrons. The van der Waals surface area contributed by atoms with Crippen LogP contribution in [-0.2, 0) is 0 Å². The summed E-state index contributed by atoms with van der Waals surface area (Å²) in [6, 6.07) is 16.7. The van der Waals surface area contributed by atoms with Crippen molar-refractivity contribution < 1.29 is 19.4 Å². The number of aromatic hydroxyl groups is 1. The van der Waals surface area contributed by atoms with Crippen molar-refractivity contribution in [2.75, 3.05) is 0 Å². The van der Waals surface area contributed by atoms with E-state index >= 15 is 0 Å². The van der Waals surface area contributed by atoms with Crippen molar-refractivity contribution in [2.45, 2.75) is 0 Å². The average molecular weight is 348 g/mol. The van der Waals surface area contributed by atoms with Gasteiger partial charge in [-0.25, -0.2) is 13.9 Å². The summed E-state index contributed by atoms with van der Waals surface area (Å²) in [7, 11) is 0. The molecular weight excluding hydrogens is 335 g/mol. The molecule has 0 bridgehead atoms. The summed E-state index contributed by atoms with van der Waals surface area (Å²) in [5.74, 6) is -2.07. The molecule has 0 aliphatic carbocycles. The van der Waals surface area contributed by atoms with E-state index in [0.29, 0.717) is 10.9 Å². The summed E-state index contributed by atoms with van der Waals surface area (Å²) in [6.45, 7) is 0. The minimum Gasteiger partial charge on any atom is -0.505 e. The predicted molar refractivity (Wildman–Crippen MR) is 95.1 cm³/mol. The van der Waals surface area contributed by atoms with Crippen LogP contribution in [-0.4, -0.2) is 26.0 Å². The van der Waals surface area contributed by atoms with Crippen LogP contribution in [0, 0.1) is 5.82 Å². The van der Waals surface area contributed by atoms with E-state index in [-0.39, 0.29) is 5.56 Å². The molecule has 6 heteroatoms. The van der Waals surface area contributed by atoms with Gasteiger partial charge in [-0.2, -0.15) is 5.10 Å². The number of hydrogen-bond donors (Lipinski definition) is 2. The molecule has 26 heavy (non-hydrogen) atoms. The van der Waals surface area contributed by atoms with Crippen molar-refractivity contribution in [2.24, 2.45) is 0 Å². The Bertz CT molecular complexity index is 1120. The van der Waals surface area contributed by atoms with E-state index in [1.165, 1.54) is 18.3 Å². The second-order valence-electron chi connectivity index (χ2n) is 5.85. The van der Waals surface area contributed by atoms with Crippen molar-refractivity contribution in [1.29, 1.82) is 0 Å². The zero-order valence-corrected chi connectivity index (χ0v) is 13.4. The SMILES string of the molecule is O=C(O)c1ccc(-c2ccc(-n3ncc4cc(F)c(O)cc43)cc2)cc1. The van der Waals surface area contributed by atoms with E-state index in [4.69, 9.17) is 5.11 Å². The lowest BCUT2D eigenvalue weighted by Crippen LogP contribution is -1.96. The molecule has 1 heterocycles. The van der Waals surface area contributed by atoms with Crippen LogP contribution in [0.15, 0.2) is 66.9 Å². The summed E-state index contributed by atoms with van der Waals surface area (Å²) in [5.41, 5.74) is 3.42. The fourth-order valence-electron chi connectivity index (χ4n) is 2.84. The molecule has 0 saturated carbocycles. The molecule has 3 aromatic carbocycles. The summed E-state index contributed by atoms with van der Waals surface area (Å²) in [6.07, 6.45) is 1.54. The monoisotopic (exact) mass is 348 g/mol. The van der Waals surface area contributed by atoms with E-state index in [1.54, 1.807) is 28.9 Å². The number of fused-ring (bicyclic) bond motifs is 1. The van der Waals surface area contributed by atoms with Crippen molar-refractivity contribution in [3.05, 3.63) is 78.2 Å². The fraction of sp³-hybridized carbons (Fsp3) is 0. The Balaban J connectivity index is 1.70. The van der Waals surface area contributed by atoms with Gasteiger partial charge in [0.05, 0.1) is 23.0 Å². The molecule has 0 aliphatic rings. The lowest BCUT2D eigenvalue weighted by atomic mass is 10.0. The molecule has 0 atom stereocenters. The second-order valence-corrected chi connectivity index (χ2v) is 5.85. The van der Waals surface area contributed by atoms with E-state index < -0.39 is 17.5 Å². The smallest absolute Gasteiger partial charge is 0.335 e. The Morgan fingerprint density at radius 2 is 1.58 bits per heavy atom. The summed E-state index contributed by atoms with van der Waals surface area (Å²) >= 11 is 0. The maximum atomic E-state index is 13.5. The molecular formula is C20H13FN2O3. The van der Waals surface area contributed by atoms with Gasteiger partial charge < -0.3 is 10.2 Å². The van der Waals surface area contributed by atoms with Crippen LogP contribution in [0.5, 0.6) is 5.75 Å². The Hall–Kier alpha value is -3.67. The first-order valence-electron chi connectivity index (χ1n) is 7.83. The number of aromatic nitrogens is 2. The van der Waals surface area contributed by atoms with Gasteiger partial charge in [-0.15, -0.1) is 0 Å². The van der Waals surface area contributed by atoms with Crippen LogP contribution in [0.4, 0.5) is 4.39 Å². The minimum atomic E-state index is -0.961. The number of phenols is 1. The van der Waals surface area contributed by atoms with Crippen LogP contribution >= 0.6 is 0 Å². The number of carbonyl (C=O) groups is 1. The maximum Gasteiger partial charge on any atom is 0.335 e. The Kier molecular flexibility index (Phi) is 3.65. The van der Waals surface area contributed by atoms with Crippen molar-refractivity contribution in [1.82, 2.24) is 9.78 Å². The van der Waals surface area contributed by atoms with E-state index in [2.05, 4.69) is 5.10 Å². The van der Waals surface area contributed by atoms with Crippen LogP contribution < -0.4 is 0 Å². The lowest BCUT2D eigenvalue weighted by molar-refractivity contribution is 0.0697. The van der Waals surface area contributed by atoms with E-state index in [9.17, 15) is 14.3 Å². The molecule has 0 saturated heterocycles. The standard InChI is InChI=1S/C20H13FN2O3/c21-17-9-15-11-22-23(18(15)10-19(17)24)16-7-5-13(6-8-16)12-1-3-14(4-2-12)20(25)26/h1-11,24H,(H,25,26). The Morgan fingerprint density at radius 1 is 0.962 bits per heavy atom. The van der Waals surface area contributed by atoms with Crippen molar-refractivity contribution >= 4 is 16.9 Å². The Morgan fingerprint density at radius 3 is 2.19 bits per heavy atom. The molecule has 0 unspecified atom stereocenters. The Labute approximate surface area is 147 Å². The number of benzene rings is 3. The van der Waals surface area contributed by atoms with E-state index in [1.807, 2.05) is 24.3 Å². The predicted octanol–water partition coefficient (Wildman–Crippen LogP) is 4.24. The molecule has 4 aromatic rings. The first-order valence-corrected chi connectivity index (χ1v) is 7.83. The molecule has 1 aromatic heterocycles. The molecule has 4 rings (SSSR count). The van der Waals surface area contributed by atoms with Gasteiger partial charge in [0.1, 0.15) is 0 Å². The highest BCUT2D eigenvalue weighted by Crippen LogP contribution is 2.27. The summed E-state index contributed by atoms with van der Waals surface area (Å²) < 4.78 is 15.1. The van der Waals surface area contributed by atoms with Crippen molar-refractivity contribution in [3.8, 4) is 22.6 Å². The number of carboxylic acids is 1. The molecule has 0 amide bonds. The molecule has 0 fully saturated rings. The normalized spacial score (nSPS) is 11.0. The van der Waals surface area contributed by atoms with Crippen LogP contribution in [0.1, 0.15) is 10.4 Å². The minimum absolute atomic E-state index is 0.237. The molecule has 0 spiro atoms. The molecule has 2 N–H and O–H groups in total. The number of rotatable bonds is 3. The van der Waals surface area contributed by atoms with Gasteiger partial charge in [0.2, 0.25) is 0 Å². The van der Waals surface area contributed by atoms with Crippen molar-refractivity contribution in [3.63, 3.8) is 0 Å². The molecule has 0 radical (unpaired) electrons. The highest BCUT2D eigenvalue weighted by atomic mass is 19.1. The van der Waals surface area contributed by atoms with Gasteiger partial charge in [-0.1, -0.05) is 24.3 Å². The molecule has 5 nitrogen and oxygen atoms in total. The third kappa shape index (κ3) is 2.67. The number of hydrogen-bond acceptors (Lipinski definition) is 3. The summed E-state index contributed by atoms with van der Waals surface area (Å²) in [4.78, 5) is 10.9. The second kappa shape index (κ2) is 6.00. The third-order valence-electron chi connectivity index (χ3n) is 4.21. The summed E-state index contributed by atoms with van der Waals surface area (Å²) in [5, 5.41) is 23.4. The van der Waals surface area contributed by atoms with Crippen LogP contribution in [0.2, 0.25) is 0 Å². The number of phenolic OH excluding ortho intramolecular Hbond substituents is 1. The quantitative estimate of drug-likeness (QED) is 0.581. The first-order chi connectivity index (χ1) is 12.5.